The highest BCUT2D eigenvalue weighted by atomic mass is 16.2. The molecule has 20 heavy (non-hydrogen) atoms. The minimum Gasteiger partial charge on any atom is -0.399 e. The van der Waals surface area contributed by atoms with E-state index < -0.39 is 0 Å². The Bertz CT molecular complexity index is 893. The summed E-state index contributed by atoms with van der Waals surface area (Å²) in [7, 11) is 0. The van der Waals surface area contributed by atoms with Gasteiger partial charge in [-0.2, -0.15) is 0 Å². The molecule has 3 rings (SSSR count). The summed E-state index contributed by atoms with van der Waals surface area (Å²) in [6, 6.07) is 14.0. The van der Waals surface area contributed by atoms with Crippen LogP contribution in [0.1, 0.15) is 5.56 Å². The van der Waals surface area contributed by atoms with E-state index in [1.54, 1.807) is 36.4 Å². The minimum atomic E-state index is -0.274. The third-order valence-electron chi connectivity index (χ3n) is 3.18. The van der Waals surface area contributed by atoms with Gasteiger partial charge < -0.3 is 5.73 Å². The number of nitrogens with one attached hydrogen (secondary N) is 1. The van der Waals surface area contributed by atoms with Crippen LogP contribution in [0, 0.1) is 0 Å². The van der Waals surface area contributed by atoms with Crippen LogP contribution < -0.4 is 16.9 Å². The van der Waals surface area contributed by atoms with Crippen molar-refractivity contribution in [1.82, 2.24) is 9.78 Å². The molecule has 0 aliphatic rings. The van der Waals surface area contributed by atoms with Gasteiger partial charge in [-0.15, -0.1) is 0 Å². The number of nitrogen functional groups attached to an aromatic ring is 1. The largest absolute Gasteiger partial charge is 0.399 e. The zero-order chi connectivity index (χ0) is 14.1. The van der Waals surface area contributed by atoms with Crippen molar-refractivity contribution < 1.29 is 0 Å². The van der Waals surface area contributed by atoms with Crippen molar-refractivity contribution in [3.63, 3.8) is 0 Å². The highest BCUT2D eigenvalue weighted by Crippen LogP contribution is 2.08. The van der Waals surface area contributed by atoms with Crippen LogP contribution in [-0.2, 0) is 6.54 Å². The number of aromatic nitrogens is 2. The van der Waals surface area contributed by atoms with E-state index in [0.29, 0.717) is 16.5 Å². The SMILES string of the molecule is Nc1cccc(Cn2[nH]c(=O)c3ccccc3c2=O)c1. The number of benzene rings is 2. The molecule has 1 aromatic heterocycles. The Labute approximate surface area is 114 Å². The fraction of sp³-hybridized carbons (Fsp3) is 0.0667. The zero-order valence-corrected chi connectivity index (χ0v) is 10.7. The number of H-pyrrole nitrogens is 1. The number of nitrogens with zero attached hydrogens (tertiary/aromatic N) is 1. The van der Waals surface area contributed by atoms with Gasteiger partial charge in [0, 0.05) is 5.69 Å². The average Bonchev–Trinajstić information content (AvgIpc) is 2.45. The van der Waals surface area contributed by atoms with Crippen molar-refractivity contribution in [2.75, 3.05) is 5.73 Å². The molecule has 0 fully saturated rings. The maximum absolute atomic E-state index is 12.3. The standard InChI is InChI=1S/C15H13N3O2/c16-11-5-3-4-10(8-11)9-18-15(20)13-7-2-1-6-12(13)14(19)17-18/h1-8H,9,16H2,(H,17,19). The highest BCUT2D eigenvalue weighted by Gasteiger charge is 2.06. The van der Waals surface area contributed by atoms with Gasteiger partial charge >= 0.3 is 0 Å². The van der Waals surface area contributed by atoms with Gasteiger partial charge in [0.2, 0.25) is 0 Å². The van der Waals surface area contributed by atoms with Crippen molar-refractivity contribution in [1.29, 1.82) is 0 Å². The summed E-state index contributed by atoms with van der Waals surface area (Å²) in [6.45, 7) is 0.282. The quantitative estimate of drug-likeness (QED) is 0.687. The first-order valence-corrected chi connectivity index (χ1v) is 6.21. The van der Waals surface area contributed by atoms with Crippen LogP contribution >= 0.6 is 0 Å². The molecule has 0 unspecified atom stereocenters. The first-order valence-electron chi connectivity index (χ1n) is 6.21. The predicted molar refractivity (Wildman–Crippen MR) is 78.8 cm³/mol. The van der Waals surface area contributed by atoms with E-state index in [9.17, 15) is 9.59 Å². The first kappa shape index (κ1) is 12.2. The maximum Gasteiger partial charge on any atom is 0.273 e. The molecule has 0 saturated heterocycles. The van der Waals surface area contributed by atoms with Crippen molar-refractivity contribution in [3.05, 3.63) is 74.8 Å². The summed E-state index contributed by atoms with van der Waals surface area (Å²) in [5, 5.41) is 3.42. The summed E-state index contributed by atoms with van der Waals surface area (Å²) in [4.78, 5) is 24.3. The fourth-order valence-corrected chi connectivity index (χ4v) is 2.23. The van der Waals surface area contributed by atoms with E-state index in [0.717, 1.165) is 5.56 Å². The predicted octanol–water partition coefficient (Wildman–Crippen LogP) is 1.32. The van der Waals surface area contributed by atoms with Gasteiger partial charge in [-0.25, -0.2) is 4.68 Å². The Morgan fingerprint density at radius 3 is 2.50 bits per heavy atom. The van der Waals surface area contributed by atoms with Crippen molar-refractivity contribution in [2.24, 2.45) is 0 Å². The van der Waals surface area contributed by atoms with E-state index in [1.807, 2.05) is 12.1 Å². The van der Waals surface area contributed by atoms with E-state index in [-0.39, 0.29) is 17.7 Å². The number of hydrogen-bond acceptors (Lipinski definition) is 3. The van der Waals surface area contributed by atoms with Gasteiger partial charge in [0.15, 0.2) is 0 Å². The van der Waals surface area contributed by atoms with Crippen LogP contribution in [0.2, 0.25) is 0 Å². The molecule has 0 bridgehead atoms. The van der Waals surface area contributed by atoms with Gasteiger partial charge in [0.25, 0.3) is 11.1 Å². The third-order valence-corrected chi connectivity index (χ3v) is 3.18. The zero-order valence-electron chi connectivity index (χ0n) is 10.7. The lowest BCUT2D eigenvalue weighted by atomic mass is 10.2. The van der Waals surface area contributed by atoms with E-state index in [2.05, 4.69) is 5.10 Å². The molecule has 0 spiro atoms. The van der Waals surface area contributed by atoms with Gasteiger partial charge in [0.1, 0.15) is 0 Å². The Balaban J connectivity index is 2.16. The van der Waals surface area contributed by atoms with Crippen LogP contribution in [0.3, 0.4) is 0 Å². The molecular formula is C15H13N3O2. The van der Waals surface area contributed by atoms with Crippen molar-refractivity contribution in [2.45, 2.75) is 6.54 Å². The summed E-state index contributed by atoms with van der Waals surface area (Å²) in [6.07, 6.45) is 0. The van der Waals surface area contributed by atoms with Crippen molar-refractivity contribution >= 4 is 16.5 Å². The van der Waals surface area contributed by atoms with E-state index in [4.69, 9.17) is 5.73 Å². The highest BCUT2D eigenvalue weighted by molar-refractivity contribution is 5.80. The molecular weight excluding hydrogens is 254 g/mol. The van der Waals surface area contributed by atoms with E-state index in [1.165, 1.54) is 4.68 Å². The number of nitrogens with two attached hydrogens (primary N) is 1. The Morgan fingerprint density at radius 2 is 1.75 bits per heavy atom. The third kappa shape index (κ3) is 2.09. The lowest BCUT2D eigenvalue weighted by Gasteiger charge is -2.07. The Kier molecular flexibility index (Phi) is 2.87. The maximum atomic E-state index is 12.3. The molecule has 0 atom stereocenters. The lowest BCUT2D eigenvalue weighted by molar-refractivity contribution is 0.637. The molecule has 0 amide bonds. The second-order valence-electron chi connectivity index (χ2n) is 4.62. The van der Waals surface area contributed by atoms with Crippen LogP contribution in [-0.4, -0.2) is 9.78 Å². The molecule has 100 valence electrons. The van der Waals surface area contributed by atoms with Crippen LogP contribution in [0.25, 0.3) is 10.8 Å². The topological polar surface area (TPSA) is 80.9 Å². The number of fused-ring (bicyclic) bond motifs is 1. The van der Waals surface area contributed by atoms with Gasteiger partial charge in [-0.1, -0.05) is 24.3 Å². The summed E-state index contributed by atoms with van der Waals surface area (Å²) < 4.78 is 1.30. The van der Waals surface area contributed by atoms with Crippen LogP contribution in [0.4, 0.5) is 5.69 Å². The molecule has 1 heterocycles. The summed E-state index contributed by atoms with van der Waals surface area (Å²) in [5.41, 5.74) is 6.70. The molecule has 0 radical (unpaired) electrons. The van der Waals surface area contributed by atoms with Crippen LogP contribution in [0.5, 0.6) is 0 Å². The first-order chi connectivity index (χ1) is 9.65. The van der Waals surface area contributed by atoms with Gasteiger partial charge in [0.05, 0.1) is 17.3 Å². The lowest BCUT2D eigenvalue weighted by Crippen LogP contribution is -2.30. The molecule has 3 aromatic rings. The molecule has 5 nitrogen and oxygen atoms in total. The molecule has 5 heteroatoms. The smallest absolute Gasteiger partial charge is 0.273 e. The molecule has 3 N–H and O–H groups in total. The second-order valence-corrected chi connectivity index (χ2v) is 4.62. The molecule has 2 aromatic carbocycles. The fourth-order valence-electron chi connectivity index (χ4n) is 2.23. The van der Waals surface area contributed by atoms with Crippen LogP contribution in [0.15, 0.2) is 58.1 Å². The second kappa shape index (κ2) is 4.70. The molecule has 0 aliphatic heterocycles. The van der Waals surface area contributed by atoms with Gasteiger partial charge in [-0.05, 0) is 29.8 Å². The number of hydrogen-bond donors (Lipinski definition) is 2. The Hall–Kier alpha value is -2.82. The summed E-state index contributed by atoms with van der Waals surface area (Å²) >= 11 is 0. The monoisotopic (exact) mass is 267 g/mol. The summed E-state index contributed by atoms with van der Waals surface area (Å²) in [5.74, 6) is 0. The number of rotatable bonds is 2. The minimum absolute atomic E-state index is 0.220. The Morgan fingerprint density at radius 1 is 1.00 bits per heavy atom. The van der Waals surface area contributed by atoms with E-state index >= 15 is 0 Å². The van der Waals surface area contributed by atoms with Crippen molar-refractivity contribution in [3.8, 4) is 0 Å². The number of aromatic amines is 1. The number of anilines is 1. The average molecular weight is 267 g/mol. The molecule has 0 saturated carbocycles. The molecule has 0 aliphatic carbocycles. The van der Waals surface area contributed by atoms with Gasteiger partial charge in [-0.3, -0.25) is 14.7 Å². The normalized spacial score (nSPS) is 10.8.